The van der Waals surface area contributed by atoms with E-state index in [9.17, 15) is 13.5 Å². The number of methoxy groups -OCH3 is 1. The molecule has 0 saturated carbocycles. The fraction of sp³-hybridized carbons (Fsp3) is 0.513. The van der Waals surface area contributed by atoms with E-state index in [1.807, 2.05) is 0 Å². The molecule has 2 aromatic heterocycles. The highest BCUT2D eigenvalue weighted by Crippen LogP contribution is 2.44. The van der Waals surface area contributed by atoms with Crippen molar-refractivity contribution in [1.29, 1.82) is 0 Å². The molecule has 0 unspecified atom stereocenters. The summed E-state index contributed by atoms with van der Waals surface area (Å²) in [4.78, 5) is 15.1. The van der Waals surface area contributed by atoms with Crippen LogP contribution in [-0.4, -0.2) is 82.0 Å². The number of hydrogen-bond donors (Lipinski definition) is 1. The summed E-state index contributed by atoms with van der Waals surface area (Å²) in [7, 11) is -4.92. The van der Waals surface area contributed by atoms with Crippen LogP contribution < -0.4 is 14.4 Å². The van der Waals surface area contributed by atoms with E-state index in [2.05, 4.69) is 63.0 Å². The summed E-state index contributed by atoms with van der Waals surface area (Å²) < 4.78 is 76.7. The predicted molar refractivity (Wildman–Crippen MR) is 207 cm³/mol. The number of β-amino-alcohol motifs (C(OH)–C–C–N with tert-alkyl or cyclic N) is 1. The summed E-state index contributed by atoms with van der Waals surface area (Å²) in [6, 6.07) is 6.16. The average molecular weight is 769 g/mol. The van der Waals surface area contributed by atoms with Crippen LogP contribution in [0.25, 0.3) is 32.9 Å². The first-order valence-electron chi connectivity index (χ1n) is 18.0. The molecule has 14 heteroatoms. The molecular formula is C39H50F2N4O6SSi. The van der Waals surface area contributed by atoms with Crippen LogP contribution >= 0.6 is 0 Å². The van der Waals surface area contributed by atoms with Crippen molar-refractivity contribution in [2.75, 3.05) is 38.1 Å². The zero-order valence-corrected chi connectivity index (χ0v) is 34.0. The first kappa shape index (κ1) is 40.3. The molecule has 1 saturated heterocycles. The Bertz CT molecular complexity index is 2160. The SMILES string of the molecule is COCOc1cc(-c2nc(OC(C)C)c3c(N4CCC[C@@H](O)C4)nc(S(C)(=O)=O)nc3c2F)c2c(C#C[Si](C(C)C)(C(C)C)C(C)C)c(F)ccc2c1. The van der Waals surface area contributed by atoms with Crippen molar-refractivity contribution in [2.45, 2.75) is 102 Å². The van der Waals surface area contributed by atoms with Gasteiger partial charge in [-0.05, 0) is 66.9 Å². The number of benzene rings is 2. The Morgan fingerprint density at radius 2 is 1.68 bits per heavy atom. The summed E-state index contributed by atoms with van der Waals surface area (Å²) in [5.74, 6) is 2.04. The molecule has 1 aliphatic rings. The number of aliphatic hydroxyl groups excluding tert-OH is 1. The van der Waals surface area contributed by atoms with Crippen molar-refractivity contribution in [3.63, 3.8) is 0 Å². The average Bonchev–Trinajstić information content (AvgIpc) is 3.07. The topological polar surface area (TPSA) is 124 Å². The highest BCUT2D eigenvalue weighted by Gasteiger charge is 2.42. The van der Waals surface area contributed by atoms with E-state index in [1.165, 1.54) is 13.2 Å². The number of hydrogen-bond acceptors (Lipinski definition) is 10. The number of nitrogens with zero attached hydrogens (tertiary/aromatic N) is 4. The minimum absolute atomic E-state index is 0.0484. The summed E-state index contributed by atoms with van der Waals surface area (Å²) in [5.41, 5.74) is 4.05. The highest BCUT2D eigenvalue weighted by molar-refractivity contribution is 7.90. The Morgan fingerprint density at radius 3 is 2.26 bits per heavy atom. The molecule has 0 spiro atoms. The van der Waals surface area contributed by atoms with E-state index in [1.54, 1.807) is 36.9 Å². The fourth-order valence-corrected chi connectivity index (χ4v) is 13.4. The number of pyridine rings is 1. The Morgan fingerprint density at radius 1 is 1.00 bits per heavy atom. The molecule has 1 N–H and O–H groups in total. The molecule has 5 rings (SSSR count). The summed E-state index contributed by atoms with van der Waals surface area (Å²) in [6.45, 7) is 17.0. The van der Waals surface area contributed by atoms with Gasteiger partial charge in [-0.3, -0.25) is 0 Å². The third-order valence-corrected chi connectivity index (χ3v) is 17.1. The van der Waals surface area contributed by atoms with Crippen molar-refractivity contribution in [3.8, 4) is 34.4 Å². The van der Waals surface area contributed by atoms with Gasteiger partial charge in [0.1, 0.15) is 42.1 Å². The third-order valence-electron chi connectivity index (χ3n) is 10.00. The lowest BCUT2D eigenvalue weighted by atomic mass is 9.95. The number of rotatable bonds is 11. The number of fused-ring (bicyclic) bond motifs is 2. The lowest BCUT2D eigenvalue weighted by Gasteiger charge is -2.38. The first-order valence-corrected chi connectivity index (χ1v) is 22.1. The molecule has 1 atom stereocenters. The number of aromatic nitrogens is 3. The van der Waals surface area contributed by atoms with Gasteiger partial charge in [-0.2, -0.15) is 0 Å². The van der Waals surface area contributed by atoms with Crippen molar-refractivity contribution >= 4 is 45.4 Å². The molecule has 286 valence electrons. The second kappa shape index (κ2) is 15.8. The minimum atomic E-state index is -4.04. The lowest BCUT2D eigenvalue weighted by molar-refractivity contribution is 0.0512. The van der Waals surface area contributed by atoms with Crippen LogP contribution in [0.4, 0.5) is 14.6 Å². The molecule has 0 radical (unpaired) electrons. The van der Waals surface area contributed by atoms with Crippen LogP contribution in [0.1, 0.15) is 73.8 Å². The number of ether oxygens (including phenoxy) is 3. The van der Waals surface area contributed by atoms with Gasteiger partial charge in [0.25, 0.3) is 0 Å². The first-order chi connectivity index (χ1) is 24.9. The Balaban J connectivity index is 1.95. The van der Waals surface area contributed by atoms with Gasteiger partial charge in [0.05, 0.1) is 17.8 Å². The normalized spacial score (nSPS) is 15.6. The summed E-state index contributed by atoms with van der Waals surface area (Å²) in [5, 5.41) is 10.8. The predicted octanol–water partition coefficient (Wildman–Crippen LogP) is 7.83. The zero-order chi connectivity index (χ0) is 39.0. The van der Waals surface area contributed by atoms with E-state index < -0.39 is 46.9 Å². The van der Waals surface area contributed by atoms with Crippen molar-refractivity contribution in [2.24, 2.45) is 0 Å². The molecule has 1 fully saturated rings. The van der Waals surface area contributed by atoms with Gasteiger partial charge >= 0.3 is 0 Å². The van der Waals surface area contributed by atoms with Crippen molar-refractivity contribution in [3.05, 3.63) is 41.5 Å². The van der Waals surface area contributed by atoms with Crippen LogP contribution in [0.2, 0.25) is 16.6 Å². The zero-order valence-electron chi connectivity index (χ0n) is 32.2. The molecule has 0 amide bonds. The second-order valence-electron chi connectivity index (χ2n) is 15.0. The molecule has 53 heavy (non-hydrogen) atoms. The molecule has 3 heterocycles. The Hall–Kier alpha value is -3.90. The number of aliphatic hydroxyl groups is 1. The van der Waals surface area contributed by atoms with E-state index in [4.69, 9.17) is 19.2 Å². The van der Waals surface area contributed by atoms with Crippen LogP contribution in [0, 0.1) is 23.1 Å². The smallest absolute Gasteiger partial charge is 0.249 e. The van der Waals surface area contributed by atoms with Crippen LogP contribution in [-0.2, 0) is 14.6 Å². The van der Waals surface area contributed by atoms with Gasteiger partial charge in [0.2, 0.25) is 20.9 Å². The number of anilines is 1. The summed E-state index contributed by atoms with van der Waals surface area (Å²) in [6.07, 6.45) is 0.935. The molecule has 10 nitrogen and oxygen atoms in total. The maximum atomic E-state index is 17.4. The van der Waals surface area contributed by atoms with Crippen LogP contribution in [0.5, 0.6) is 11.6 Å². The molecule has 4 aromatic rings. The monoisotopic (exact) mass is 768 g/mol. The molecule has 0 aliphatic carbocycles. The molecular weight excluding hydrogens is 719 g/mol. The minimum Gasteiger partial charge on any atom is -0.474 e. The van der Waals surface area contributed by atoms with E-state index in [0.717, 1.165) is 6.26 Å². The van der Waals surface area contributed by atoms with E-state index in [-0.39, 0.29) is 69.4 Å². The quantitative estimate of drug-likeness (QED) is 0.0699. The maximum absolute atomic E-state index is 17.4. The van der Waals surface area contributed by atoms with Gasteiger partial charge in [-0.1, -0.05) is 53.5 Å². The highest BCUT2D eigenvalue weighted by atomic mass is 32.2. The van der Waals surface area contributed by atoms with Gasteiger partial charge < -0.3 is 24.2 Å². The molecule has 1 aliphatic heterocycles. The largest absolute Gasteiger partial charge is 0.474 e. The lowest BCUT2D eigenvalue weighted by Crippen LogP contribution is -2.43. The Kier molecular flexibility index (Phi) is 12.0. The fourth-order valence-electron chi connectivity index (χ4n) is 7.67. The van der Waals surface area contributed by atoms with Gasteiger partial charge in [-0.15, -0.1) is 5.54 Å². The van der Waals surface area contributed by atoms with Crippen LogP contribution in [0.15, 0.2) is 29.4 Å². The number of halogens is 2. The molecule has 2 aromatic carbocycles. The van der Waals surface area contributed by atoms with Crippen molar-refractivity contribution < 1.29 is 36.5 Å². The summed E-state index contributed by atoms with van der Waals surface area (Å²) >= 11 is 0. The van der Waals surface area contributed by atoms with E-state index >= 15 is 8.78 Å². The van der Waals surface area contributed by atoms with Gasteiger partial charge in [0, 0.05) is 37.4 Å². The number of piperidine rings is 1. The number of sulfone groups is 1. The van der Waals surface area contributed by atoms with Gasteiger partial charge in [-0.25, -0.2) is 32.2 Å². The standard InChI is InChI=1S/C39H50F2N4O6SSi/c1-22(2)51-38-33-36(43-39(52(10,47)48)44-37(33)45-16-11-12-27(46)20-45)34(41)35(42-38)30-19-28(50-21-49-9)18-26-13-14-31(40)29(32(26)30)15-17-53(23(3)4,24(5)6)25(7)8/h13-14,18-19,22-25,27,46H,11-12,16,20-21H2,1-10H3/t27-/m1/s1. The van der Waals surface area contributed by atoms with Gasteiger partial charge in [0.15, 0.2) is 12.6 Å². The third kappa shape index (κ3) is 7.99. The van der Waals surface area contributed by atoms with Crippen molar-refractivity contribution in [1.82, 2.24) is 15.0 Å². The van der Waals surface area contributed by atoms with Crippen LogP contribution in [0.3, 0.4) is 0 Å². The Labute approximate surface area is 312 Å². The van der Waals surface area contributed by atoms with E-state index in [0.29, 0.717) is 35.9 Å². The second-order valence-corrected chi connectivity index (χ2v) is 22.5. The maximum Gasteiger partial charge on any atom is 0.249 e. The molecule has 0 bridgehead atoms.